The van der Waals surface area contributed by atoms with Crippen LogP contribution in [0.5, 0.6) is 0 Å². The fourth-order valence-corrected chi connectivity index (χ4v) is 3.02. The number of aromatic nitrogens is 2. The third-order valence-electron chi connectivity index (χ3n) is 4.50. The Morgan fingerprint density at radius 2 is 2.09 bits per heavy atom. The molecule has 1 atom stereocenters. The zero-order valence-corrected chi connectivity index (χ0v) is 12.5. The van der Waals surface area contributed by atoms with E-state index < -0.39 is 0 Å². The number of halogens is 1. The molecule has 1 N–H and O–H groups in total. The number of hydrogen-bond donors (Lipinski definition) is 1. The van der Waals surface area contributed by atoms with Crippen LogP contribution in [0.1, 0.15) is 24.7 Å². The third kappa shape index (κ3) is 2.91. The molecular formula is C17H20FN3O. The van der Waals surface area contributed by atoms with Crippen molar-refractivity contribution in [3.63, 3.8) is 0 Å². The van der Waals surface area contributed by atoms with E-state index in [-0.39, 0.29) is 11.9 Å². The van der Waals surface area contributed by atoms with Crippen LogP contribution in [0.3, 0.4) is 0 Å². The molecule has 1 aromatic carbocycles. The Hall–Kier alpha value is -1.72. The molecule has 5 heteroatoms. The van der Waals surface area contributed by atoms with Gasteiger partial charge >= 0.3 is 0 Å². The quantitative estimate of drug-likeness (QED) is 0.944. The average molecular weight is 301 g/mol. The first kappa shape index (κ1) is 13.9. The van der Waals surface area contributed by atoms with Crippen molar-refractivity contribution in [1.29, 1.82) is 0 Å². The van der Waals surface area contributed by atoms with Gasteiger partial charge in [-0.25, -0.2) is 9.37 Å². The Morgan fingerprint density at radius 3 is 2.86 bits per heavy atom. The lowest BCUT2D eigenvalue weighted by Gasteiger charge is -2.34. The summed E-state index contributed by atoms with van der Waals surface area (Å²) in [6, 6.07) is 6.68. The smallest absolute Gasteiger partial charge is 0.126 e. The van der Waals surface area contributed by atoms with Gasteiger partial charge in [-0.1, -0.05) is 0 Å². The molecule has 4 rings (SSSR count). The Kier molecular flexibility index (Phi) is 3.68. The summed E-state index contributed by atoms with van der Waals surface area (Å²) in [6.07, 6.45) is 4.53. The van der Waals surface area contributed by atoms with Crippen LogP contribution in [0.2, 0.25) is 0 Å². The number of morpholine rings is 1. The fraction of sp³-hybridized carbons (Fsp3) is 0.471. The van der Waals surface area contributed by atoms with Crippen LogP contribution >= 0.6 is 0 Å². The standard InChI is InChI=1S/C17H20FN3O/c18-14-5-3-13(4-6-14)15-9-19-17(20-15)16-11-22-8-7-21(16)10-12-1-2-12/h3-6,9,12,16H,1-2,7-8,10-11H2,(H,19,20)/t16-/m0/s1. The second-order valence-corrected chi connectivity index (χ2v) is 6.22. The summed E-state index contributed by atoms with van der Waals surface area (Å²) in [5.41, 5.74) is 1.87. The van der Waals surface area contributed by atoms with Crippen LogP contribution in [-0.4, -0.2) is 41.2 Å². The van der Waals surface area contributed by atoms with Crippen LogP contribution in [0.15, 0.2) is 30.5 Å². The lowest BCUT2D eigenvalue weighted by Crippen LogP contribution is -2.41. The van der Waals surface area contributed by atoms with Gasteiger partial charge in [0, 0.05) is 13.1 Å². The van der Waals surface area contributed by atoms with Crippen LogP contribution < -0.4 is 0 Å². The number of rotatable bonds is 4. The largest absolute Gasteiger partial charge is 0.378 e. The molecule has 22 heavy (non-hydrogen) atoms. The molecule has 1 saturated heterocycles. The first-order valence-electron chi connectivity index (χ1n) is 7.92. The predicted molar refractivity (Wildman–Crippen MR) is 81.8 cm³/mol. The fourth-order valence-electron chi connectivity index (χ4n) is 3.02. The average Bonchev–Trinajstić information content (AvgIpc) is 3.22. The number of nitrogens with one attached hydrogen (secondary N) is 1. The summed E-state index contributed by atoms with van der Waals surface area (Å²) in [6.45, 7) is 3.59. The molecule has 0 bridgehead atoms. The Morgan fingerprint density at radius 1 is 1.27 bits per heavy atom. The van der Waals surface area contributed by atoms with Crippen molar-refractivity contribution in [2.45, 2.75) is 18.9 Å². The second kappa shape index (κ2) is 5.82. The number of benzene rings is 1. The highest BCUT2D eigenvalue weighted by molar-refractivity contribution is 5.58. The monoisotopic (exact) mass is 301 g/mol. The minimum absolute atomic E-state index is 0.198. The zero-order valence-electron chi connectivity index (χ0n) is 12.5. The number of nitrogens with zero attached hydrogens (tertiary/aromatic N) is 2. The van der Waals surface area contributed by atoms with Gasteiger partial charge in [0.25, 0.3) is 0 Å². The van der Waals surface area contributed by atoms with Gasteiger partial charge < -0.3 is 9.72 Å². The first-order chi connectivity index (χ1) is 10.8. The molecule has 116 valence electrons. The van der Waals surface area contributed by atoms with E-state index in [2.05, 4.69) is 14.9 Å². The van der Waals surface area contributed by atoms with Crippen LogP contribution in [-0.2, 0) is 4.74 Å². The van der Waals surface area contributed by atoms with E-state index in [0.717, 1.165) is 42.7 Å². The molecule has 0 unspecified atom stereocenters. The van der Waals surface area contributed by atoms with Gasteiger partial charge in [0.05, 0.1) is 31.1 Å². The Bertz CT molecular complexity index is 636. The summed E-state index contributed by atoms with van der Waals surface area (Å²) < 4.78 is 18.7. The highest BCUT2D eigenvalue weighted by Crippen LogP contribution is 2.33. The normalized spacial score (nSPS) is 22.9. The van der Waals surface area contributed by atoms with Crippen molar-refractivity contribution >= 4 is 0 Å². The molecule has 1 aliphatic carbocycles. The lowest BCUT2D eigenvalue weighted by molar-refractivity contribution is -0.0134. The molecule has 2 fully saturated rings. The number of aromatic amines is 1. The number of hydrogen-bond acceptors (Lipinski definition) is 3. The van der Waals surface area contributed by atoms with Crippen molar-refractivity contribution in [3.05, 3.63) is 42.1 Å². The van der Waals surface area contributed by atoms with Gasteiger partial charge in [0.2, 0.25) is 0 Å². The second-order valence-electron chi connectivity index (χ2n) is 6.22. The summed E-state index contributed by atoms with van der Waals surface area (Å²) in [5.74, 6) is 1.58. The summed E-state index contributed by atoms with van der Waals surface area (Å²) in [4.78, 5) is 10.4. The van der Waals surface area contributed by atoms with E-state index >= 15 is 0 Å². The van der Waals surface area contributed by atoms with E-state index in [1.165, 1.54) is 25.0 Å². The molecule has 2 aromatic rings. The Labute approximate surface area is 129 Å². The van der Waals surface area contributed by atoms with Crippen molar-refractivity contribution in [1.82, 2.24) is 14.9 Å². The highest BCUT2D eigenvalue weighted by atomic mass is 19.1. The molecule has 0 amide bonds. The van der Waals surface area contributed by atoms with E-state index in [1.54, 1.807) is 12.1 Å². The number of H-pyrrole nitrogens is 1. The van der Waals surface area contributed by atoms with Crippen molar-refractivity contribution in [2.75, 3.05) is 26.3 Å². The van der Waals surface area contributed by atoms with Gasteiger partial charge in [0.1, 0.15) is 11.6 Å². The van der Waals surface area contributed by atoms with Gasteiger partial charge in [-0.05, 0) is 48.6 Å². The van der Waals surface area contributed by atoms with Crippen molar-refractivity contribution < 1.29 is 9.13 Å². The molecule has 1 aromatic heterocycles. The number of imidazole rings is 1. The molecule has 0 radical (unpaired) electrons. The van der Waals surface area contributed by atoms with E-state index in [1.807, 2.05) is 6.20 Å². The molecule has 0 spiro atoms. The minimum Gasteiger partial charge on any atom is -0.378 e. The van der Waals surface area contributed by atoms with Gasteiger partial charge in [-0.2, -0.15) is 0 Å². The first-order valence-corrected chi connectivity index (χ1v) is 7.92. The van der Waals surface area contributed by atoms with Gasteiger partial charge in [-0.15, -0.1) is 0 Å². The van der Waals surface area contributed by atoms with Crippen LogP contribution in [0.4, 0.5) is 4.39 Å². The maximum absolute atomic E-state index is 13.0. The minimum atomic E-state index is -0.222. The molecule has 2 aliphatic rings. The maximum Gasteiger partial charge on any atom is 0.126 e. The summed E-state index contributed by atoms with van der Waals surface area (Å²) >= 11 is 0. The zero-order chi connectivity index (χ0) is 14.9. The number of ether oxygens (including phenoxy) is 1. The third-order valence-corrected chi connectivity index (χ3v) is 4.50. The van der Waals surface area contributed by atoms with Gasteiger partial charge in [-0.3, -0.25) is 4.90 Å². The van der Waals surface area contributed by atoms with E-state index in [4.69, 9.17) is 4.74 Å². The van der Waals surface area contributed by atoms with E-state index in [9.17, 15) is 4.39 Å². The van der Waals surface area contributed by atoms with Crippen molar-refractivity contribution in [2.24, 2.45) is 5.92 Å². The molecule has 4 nitrogen and oxygen atoms in total. The van der Waals surface area contributed by atoms with Crippen molar-refractivity contribution in [3.8, 4) is 11.3 Å². The molecule has 1 saturated carbocycles. The molecular weight excluding hydrogens is 281 g/mol. The highest BCUT2D eigenvalue weighted by Gasteiger charge is 2.32. The predicted octanol–water partition coefficient (Wildman–Crippen LogP) is 3.00. The van der Waals surface area contributed by atoms with Gasteiger partial charge in [0.15, 0.2) is 0 Å². The molecule has 1 aliphatic heterocycles. The van der Waals surface area contributed by atoms with E-state index in [0.29, 0.717) is 6.61 Å². The maximum atomic E-state index is 13.0. The SMILES string of the molecule is Fc1ccc(-c2cnc([C@@H]3COCCN3CC3CC3)[nH]2)cc1. The van der Waals surface area contributed by atoms with Crippen LogP contribution in [0, 0.1) is 11.7 Å². The topological polar surface area (TPSA) is 41.1 Å². The van der Waals surface area contributed by atoms with Crippen LogP contribution in [0.25, 0.3) is 11.3 Å². The molecule has 2 heterocycles. The lowest BCUT2D eigenvalue weighted by atomic mass is 10.1. The summed E-state index contributed by atoms with van der Waals surface area (Å²) in [5, 5.41) is 0. The summed E-state index contributed by atoms with van der Waals surface area (Å²) in [7, 11) is 0. The Balaban J connectivity index is 1.54.